The molecule has 1 heterocycles. The maximum Gasteiger partial charge on any atom is 0.219 e. The normalized spacial score (nSPS) is 12.6. The number of pyridine rings is 1. The van der Waals surface area contributed by atoms with Crippen LogP contribution >= 0.6 is 0 Å². The first kappa shape index (κ1) is 10.6. The van der Waals surface area contributed by atoms with Crippen LogP contribution in [0.1, 0.15) is 18.0 Å². The van der Waals surface area contributed by atoms with Crippen molar-refractivity contribution in [2.75, 3.05) is 0 Å². The number of nitrogens with zero attached hydrogens (tertiary/aromatic N) is 1. The number of amides is 1. The fraction of sp³-hybridized carbons (Fsp3) is 0.167. The van der Waals surface area contributed by atoms with Gasteiger partial charge in [-0.15, -0.1) is 0 Å². The number of hydrogen-bond acceptors (Lipinski definition) is 3. The Hall–Kier alpha value is -1.94. The summed E-state index contributed by atoms with van der Waals surface area (Å²) in [5.41, 5.74) is 11.9. The second-order valence-corrected chi connectivity index (χ2v) is 3.73. The zero-order valence-electron chi connectivity index (χ0n) is 8.76. The van der Waals surface area contributed by atoms with Crippen LogP contribution < -0.4 is 11.5 Å². The zero-order valence-corrected chi connectivity index (χ0v) is 8.76. The largest absolute Gasteiger partial charge is 0.370 e. The molecule has 0 radical (unpaired) electrons. The van der Waals surface area contributed by atoms with Crippen LogP contribution in [0.4, 0.5) is 0 Å². The highest BCUT2D eigenvalue weighted by molar-refractivity contribution is 5.85. The van der Waals surface area contributed by atoms with Crippen molar-refractivity contribution in [3.8, 4) is 0 Å². The molecule has 1 aromatic carbocycles. The Morgan fingerprint density at radius 2 is 2.06 bits per heavy atom. The molecule has 1 amide bonds. The number of benzene rings is 1. The summed E-state index contributed by atoms with van der Waals surface area (Å²) >= 11 is 0. The van der Waals surface area contributed by atoms with E-state index in [0.29, 0.717) is 0 Å². The SMILES string of the molecule is NC(=O)C[C@H](N)c1cncc2ccccc12. The highest BCUT2D eigenvalue weighted by atomic mass is 16.1. The lowest BCUT2D eigenvalue weighted by Crippen LogP contribution is -2.21. The third-order valence-electron chi connectivity index (χ3n) is 2.52. The summed E-state index contributed by atoms with van der Waals surface area (Å²) in [6, 6.07) is 7.41. The van der Waals surface area contributed by atoms with E-state index >= 15 is 0 Å². The Morgan fingerprint density at radius 1 is 1.31 bits per heavy atom. The zero-order chi connectivity index (χ0) is 11.5. The summed E-state index contributed by atoms with van der Waals surface area (Å²) in [6.07, 6.45) is 3.60. The van der Waals surface area contributed by atoms with Crippen LogP contribution in [0.15, 0.2) is 36.7 Å². The van der Waals surface area contributed by atoms with Gasteiger partial charge in [-0.3, -0.25) is 9.78 Å². The van der Waals surface area contributed by atoms with Gasteiger partial charge >= 0.3 is 0 Å². The summed E-state index contributed by atoms with van der Waals surface area (Å²) in [5.74, 6) is -0.402. The Morgan fingerprint density at radius 3 is 2.81 bits per heavy atom. The standard InChI is InChI=1S/C12H13N3O/c13-11(5-12(14)16)10-7-15-6-8-3-1-2-4-9(8)10/h1-4,6-7,11H,5,13H2,(H2,14,16)/t11-/m0/s1. The van der Waals surface area contributed by atoms with Crippen LogP contribution in [0.2, 0.25) is 0 Å². The monoisotopic (exact) mass is 215 g/mol. The molecular weight excluding hydrogens is 202 g/mol. The van der Waals surface area contributed by atoms with Gasteiger partial charge in [0, 0.05) is 30.2 Å². The van der Waals surface area contributed by atoms with Gasteiger partial charge in [-0.05, 0) is 10.9 Å². The molecule has 4 heteroatoms. The topological polar surface area (TPSA) is 82.0 Å². The molecule has 82 valence electrons. The van der Waals surface area contributed by atoms with E-state index in [1.807, 2.05) is 24.3 Å². The van der Waals surface area contributed by atoms with E-state index in [-0.39, 0.29) is 6.42 Å². The van der Waals surface area contributed by atoms with Crippen LogP contribution in [0, 0.1) is 0 Å². The molecule has 16 heavy (non-hydrogen) atoms. The maximum absolute atomic E-state index is 10.8. The molecule has 0 aliphatic carbocycles. The Kier molecular flexibility index (Phi) is 2.83. The van der Waals surface area contributed by atoms with Gasteiger partial charge in [-0.25, -0.2) is 0 Å². The molecule has 1 atom stereocenters. The molecule has 4 nitrogen and oxygen atoms in total. The number of fused-ring (bicyclic) bond motifs is 1. The quantitative estimate of drug-likeness (QED) is 0.804. The number of hydrogen-bond donors (Lipinski definition) is 2. The van der Waals surface area contributed by atoms with Crippen molar-refractivity contribution < 1.29 is 4.79 Å². The molecule has 0 aliphatic rings. The van der Waals surface area contributed by atoms with E-state index < -0.39 is 11.9 Å². The average molecular weight is 215 g/mol. The molecule has 0 saturated heterocycles. The van der Waals surface area contributed by atoms with E-state index in [4.69, 9.17) is 11.5 Å². The van der Waals surface area contributed by atoms with E-state index in [2.05, 4.69) is 4.98 Å². The van der Waals surface area contributed by atoms with Crippen LogP contribution in [0.5, 0.6) is 0 Å². The number of aromatic nitrogens is 1. The smallest absolute Gasteiger partial charge is 0.219 e. The van der Waals surface area contributed by atoms with E-state index in [1.54, 1.807) is 12.4 Å². The molecule has 2 rings (SSSR count). The number of primary amides is 1. The minimum atomic E-state index is -0.402. The third kappa shape index (κ3) is 2.01. The van der Waals surface area contributed by atoms with Gasteiger partial charge in [0.25, 0.3) is 0 Å². The summed E-state index contributed by atoms with van der Waals surface area (Å²) in [5, 5.41) is 2.03. The second-order valence-electron chi connectivity index (χ2n) is 3.73. The fourth-order valence-corrected chi connectivity index (χ4v) is 1.76. The Labute approximate surface area is 93.3 Å². The van der Waals surface area contributed by atoms with Gasteiger partial charge in [0.15, 0.2) is 0 Å². The lowest BCUT2D eigenvalue weighted by Gasteiger charge is -2.12. The van der Waals surface area contributed by atoms with Crippen molar-refractivity contribution in [3.05, 3.63) is 42.2 Å². The lowest BCUT2D eigenvalue weighted by atomic mass is 10.00. The molecule has 0 unspecified atom stereocenters. The number of carbonyl (C=O) groups excluding carboxylic acids is 1. The molecule has 0 fully saturated rings. The molecule has 2 aromatic rings. The van der Waals surface area contributed by atoms with Gasteiger partial charge in [0.2, 0.25) is 5.91 Å². The fourth-order valence-electron chi connectivity index (χ4n) is 1.76. The average Bonchev–Trinajstić information content (AvgIpc) is 2.27. The maximum atomic E-state index is 10.8. The van der Waals surface area contributed by atoms with E-state index in [9.17, 15) is 4.79 Å². The van der Waals surface area contributed by atoms with E-state index in [1.165, 1.54) is 0 Å². The summed E-state index contributed by atoms with van der Waals surface area (Å²) in [7, 11) is 0. The minimum absolute atomic E-state index is 0.135. The molecule has 0 bridgehead atoms. The van der Waals surface area contributed by atoms with E-state index in [0.717, 1.165) is 16.3 Å². The van der Waals surface area contributed by atoms with Crippen molar-refractivity contribution in [1.82, 2.24) is 4.98 Å². The predicted molar refractivity (Wildman–Crippen MR) is 62.5 cm³/mol. The Balaban J connectivity index is 2.47. The second kappa shape index (κ2) is 4.28. The van der Waals surface area contributed by atoms with Crippen LogP contribution in [-0.4, -0.2) is 10.9 Å². The van der Waals surface area contributed by atoms with Crippen molar-refractivity contribution in [2.24, 2.45) is 11.5 Å². The van der Waals surface area contributed by atoms with Crippen molar-refractivity contribution in [3.63, 3.8) is 0 Å². The summed E-state index contributed by atoms with van der Waals surface area (Å²) < 4.78 is 0. The van der Waals surface area contributed by atoms with Gasteiger partial charge < -0.3 is 11.5 Å². The molecule has 0 saturated carbocycles. The highest BCUT2D eigenvalue weighted by Gasteiger charge is 2.12. The van der Waals surface area contributed by atoms with Crippen LogP contribution in [-0.2, 0) is 4.79 Å². The third-order valence-corrected chi connectivity index (χ3v) is 2.52. The van der Waals surface area contributed by atoms with Gasteiger partial charge in [-0.2, -0.15) is 0 Å². The lowest BCUT2D eigenvalue weighted by molar-refractivity contribution is -0.118. The van der Waals surface area contributed by atoms with Crippen molar-refractivity contribution in [1.29, 1.82) is 0 Å². The Bertz CT molecular complexity index is 519. The summed E-state index contributed by atoms with van der Waals surface area (Å²) in [4.78, 5) is 15.0. The summed E-state index contributed by atoms with van der Waals surface area (Å²) in [6.45, 7) is 0. The minimum Gasteiger partial charge on any atom is -0.370 e. The molecule has 4 N–H and O–H groups in total. The highest BCUT2D eigenvalue weighted by Crippen LogP contribution is 2.23. The molecule has 0 aliphatic heterocycles. The van der Waals surface area contributed by atoms with Gasteiger partial charge in [-0.1, -0.05) is 24.3 Å². The van der Waals surface area contributed by atoms with Crippen molar-refractivity contribution >= 4 is 16.7 Å². The van der Waals surface area contributed by atoms with Crippen LogP contribution in [0.25, 0.3) is 10.8 Å². The molecule has 0 spiro atoms. The van der Waals surface area contributed by atoms with Crippen molar-refractivity contribution in [2.45, 2.75) is 12.5 Å². The number of nitrogens with two attached hydrogens (primary N) is 2. The number of rotatable bonds is 3. The van der Waals surface area contributed by atoms with Gasteiger partial charge in [0.1, 0.15) is 0 Å². The first-order valence-electron chi connectivity index (χ1n) is 5.05. The first-order chi connectivity index (χ1) is 7.68. The number of carbonyl (C=O) groups is 1. The van der Waals surface area contributed by atoms with Crippen LogP contribution in [0.3, 0.4) is 0 Å². The van der Waals surface area contributed by atoms with Gasteiger partial charge in [0.05, 0.1) is 0 Å². The molecule has 1 aromatic heterocycles. The first-order valence-corrected chi connectivity index (χ1v) is 5.05. The molecular formula is C12H13N3O. The predicted octanol–water partition coefficient (Wildman–Crippen LogP) is 1.11.